The SMILES string of the molecule is COc1ccc(C(C)(C)C)cc1C(=O)CSC(C)C. The molecule has 0 N–H and O–H groups in total. The third kappa shape index (κ3) is 4.57. The van der Waals surface area contributed by atoms with E-state index < -0.39 is 0 Å². The van der Waals surface area contributed by atoms with E-state index in [4.69, 9.17) is 4.74 Å². The van der Waals surface area contributed by atoms with Crippen LogP contribution in [0.15, 0.2) is 18.2 Å². The summed E-state index contributed by atoms with van der Waals surface area (Å²) in [5.41, 5.74) is 1.89. The van der Waals surface area contributed by atoms with E-state index in [1.54, 1.807) is 18.9 Å². The van der Waals surface area contributed by atoms with Gasteiger partial charge < -0.3 is 4.74 Å². The first kappa shape index (κ1) is 16.1. The molecule has 106 valence electrons. The summed E-state index contributed by atoms with van der Waals surface area (Å²) in [4.78, 5) is 12.3. The number of hydrogen-bond donors (Lipinski definition) is 0. The number of ketones is 1. The number of thioether (sulfide) groups is 1. The predicted molar refractivity (Wildman–Crippen MR) is 83.6 cm³/mol. The molecule has 0 spiro atoms. The minimum absolute atomic E-state index is 0.0342. The molecule has 0 amide bonds. The van der Waals surface area contributed by atoms with Gasteiger partial charge in [-0.2, -0.15) is 11.8 Å². The van der Waals surface area contributed by atoms with Crippen molar-refractivity contribution in [2.24, 2.45) is 0 Å². The molecule has 0 aliphatic rings. The van der Waals surface area contributed by atoms with Gasteiger partial charge in [-0.15, -0.1) is 0 Å². The standard InChI is InChI=1S/C16H24O2S/c1-11(2)19-10-14(17)13-9-12(16(3,4)5)7-8-15(13)18-6/h7-9,11H,10H2,1-6H3. The largest absolute Gasteiger partial charge is 0.496 e. The van der Waals surface area contributed by atoms with E-state index in [0.717, 1.165) is 5.56 Å². The quantitative estimate of drug-likeness (QED) is 0.751. The highest BCUT2D eigenvalue weighted by Gasteiger charge is 2.19. The van der Waals surface area contributed by atoms with Crippen molar-refractivity contribution in [3.05, 3.63) is 29.3 Å². The third-order valence-corrected chi connectivity index (χ3v) is 4.01. The lowest BCUT2D eigenvalue weighted by molar-refractivity contribution is 0.101. The van der Waals surface area contributed by atoms with Crippen molar-refractivity contribution in [3.8, 4) is 5.75 Å². The predicted octanol–water partition coefficient (Wildman–Crippen LogP) is 4.32. The number of ether oxygens (including phenoxy) is 1. The molecule has 1 rings (SSSR count). The number of rotatable bonds is 5. The van der Waals surface area contributed by atoms with Gasteiger partial charge in [-0.25, -0.2) is 0 Å². The van der Waals surface area contributed by atoms with Gasteiger partial charge >= 0.3 is 0 Å². The molecule has 0 saturated heterocycles. The second-order valence-corrected chi connectivity index (χ2v) is 7.51. The van der Waals surface area contributed by atoms with Gasteiger partial charge in [0.25, 0.3) is 0 Å². The topological polar surface area (TPSA) is 26.3 Å². The highest BCUT2D eigenvalue weighted by molar-refractivity contribution is 8.00. The summed E-state index contributed by atoms with van der Waals surface area (Å²) in [6.45, 7) is 10.6. The molecule has 0 aliphatic carbocycles. The molecule has 0 bridgehead atoms. The van der Waals surface area contributed by atoms with E-state index >= 15 is 0 Å². The zero-order valence-electron chi connectivity index (χ0n) is 12.7. The fraction of sp³-hybridized carbons (Fsp3) is 0.562. The number of carbonyl (C=O) groups excluding carboxylic acids is 1. The van der Waals surface area contributed by atoms with Gasteiger partial charge in [0.15, 0.2) is 5.78 Å². The highest BCUT2D eigenvalue weighted by atomic mass is 32.2. The van der Waals surface area contributed by atoms with Crippen LogP contribution < -0.4 is 4.74 Å². The van der Waals surface area contributed by atoms with Crippen molar-refractivity contribution in [3.63, 3.8) is 0 Å². The number of methoxy groups -OCH3 is 1. The zero-order chi connectivity index (χ0) is 14.6. The third-order valence-electron chi connectivity index (χ3n) is 2.91. The Balaban J connectivity index is 3.05. The molecule has 19 heavy (non-hydrogen) atoms. The monoisotopic (exact) mass is 280 g/mol. The maximum Gasteiger partial charge on any atom is 0.176 e. The fourth-order valence-corrected chi connectivity index (χ4v) is 2.35. The van der Waals surface area contributed by atoms with E-state index in [2.05, 4.69) is 34.6 Å². The maximum atomic E-state index is 12.3. The summed E-state index contributed by atoms with van der Waals surface area (Å²) in [6, 6.07) is 5.90. The number of carbonyl (C=O) groups is 1. The molecule has 0 aromatic heterocycles. The first-order chi connectivity index (χ1) is 8.75. The lowest BCUT2D eigenvalue weighted by atomic mass is 9.85. The Hall–Kier alpha value is -0.960. The molecule has 1 aromatic rings. The summed E-state index contributed by atoms with van der Waals surface area (Å²) in [5, 5.41) is 0.459. The molecule has 0 unspecified atom stereocenters. The summed E-state index contributed by atoms with van der Waals surface area (Å²) in [6.07, 6.45) is 0. The maximum absolute atomic E-state index is 12.3. The molecule has 0 atom stereocenters. The van der Waals surface area contributed by atoms with Gasteiger partial charge in [-0.1, -0.05) is 40.7 Å². The van der Waals surface area contributed by atoms with Gasteiger partial charge in [0.2, 0.25) is 0 Å². The first-order valence-electron chi connectivity index (χ1n) is 6.59. The second-order valence-electron chi connectivity index (χ2n) is 5.95. The average Bonchev–Trinajstić information content (AvgIpc) is 2.33. The summed E-state index contributed by atoms with van der Waals surface area (Å²) in [5.74, 6) is 1.31. The Morgan fingerprint density at radius 2 is 1.95 bits per heavy atom. The lowest BCUT2D eigenvalue weighted by Crippen LogP contribution is -2.14. The van der Waals surface area contributed by atoms with E-state index in [0.29, 0.717) is 22.3 Å². The van der Waals surface area contributed by atoms with Crippen molar-refractivity contribution in [1.29, 1.82) is 0 Å². The van der Waals surface area contributed by atoms with Crippen LogP contribution in [0.4, 0.5) is 0 Å². The van der Waals surface area contributed by atoms with Gasteiger partial charge in [0, 0.05) is 0 Å². The highest BCUT2D eigenvalue weighted by Crippen LogP contribution is 2.29. The molecular weight excluding hydrogens is 256 g/mol. The summed E-state index contributed by atoms with van der Waals surface area (Å²) >= 11 is 1.66. The number of hydrogen-bond acceptors (Lipinski definition) is 3. The van der Waals surface area contributed by atoms with E-state index in [1.807, 2.05) is 18.2 Å². The Morgan fingerprint density at radius 3 is 2.42 bits per heavy atom. The minimum Gasteiger partial charge on any atom is -0.496 e. The van der Waals surface area contributed by atoms with Crippen LogP contribution in [0.2, 0.25) is 0 Å². The Morgan fingerprint density at radius 1 is 1.32 bits per heavy atom. The smallest absolute Gasteiger partial charge is 0.176 e. The fourth-order valence-electron chi connectivity index (χ4n) is 1.71. The van der Waals surface area contributed by atoms with E-state index in [1.165, 1.54) is 0 Å². The van der Waals surface area contributed by atoms with Crippen molar-refractivity contribution in [1.82, 2.24) is 0 Å². The molecule has 0 saturated carbocycles. The van der Waals surface area contributed by atoms with Crippen molar-refractivity contribution >= 4 is 17.5 Å². The Bertz CT molecular complexity index is 445. The second kappa shape index (κ2) is 6.47. The molecular formula is C16H24O2S. The normalized spacial score (nSPS) is 11.7. The molecule has 0 fully saturated rings. The van der Waals surface area contributed by atoms with Crippen LogP contribution >= 0.6 is 11.8 Å². The van der Waals surface area contributed by atoms with Crippen LogP contribution in [0.5, 0.6) is 5.75 Å². The summed E-state index contributed by atoms with van der Waals surface area (Å²) in [7, 11) is 1.61. The molecule has 2 nitrogen and oxygen atoms in total. The Kier molecular flexibility index (Phi) is 5.48. The van der Waals surface area contributed by atoms with Crippen molar-refractivity contribution in [2.75, 3.05) is 12.9 Å². The number of benzene rings is 1. The van der Waals surface area contributed by atoms with Crippen LogP contribution in [-0.2, 0) is 5.41 Å². The molecule has 0 heterocycles. The molecule has 1 aromatic carbocycles. The van der Waals surface area contributed by atoms with Gasteiger partial charge in [0.1, 0.15) is 5.75 Å². The first-order valence-corrected chi connectivity index (χ1v) is 7.64. The molecule has 0 aliphatic heterocycles. The molecule has 0 radical (unpaired) electrons. The molecule has 3 heteroatoms. The van der Waals surface area contributed by atoms with Gasteiger partial charge in [-0.3, -0.25) is 4.79 Å². The summed E-state index contributed by atoms with van der Waals surface area (Å²) < 4.78 is 5.31. The Labute approximate surface area is 120 Å². The van der Waals surface area contributed by atoms with Crippen LogP contribution in [0.3, 0.4) is 0 Å². The van der Waals surface area contributed by atoms with Crippen molar-refractivity contribution in [2.45, 2.75) is 45.3 Å². The lowest BCUT2D eigenvalue weighted by Gasteiger charge is -2.20. The van der Waals surface area contributed by atoms with Crippen molar-refractivity contribution < 1.29 is 9.53 Å². The van der Waals surface area contributed by atoms with Crippen LogP contribution in [-0.4, -0.2) is 23.9 Å². The van der Waals surface area contributed by atoms with E-state index in [9.17, 15) is 4.79 Å². The zero-order valence-corrected chi connectivity index (χ0v) is 13.6. The van der Waals surface area contributed by atoms with E-state index in [-0.39, 0.29) is 11.2 Å². The van der Waals surface area contributed by atoms with Crippen LogP contribution in [0.25, 0.3) is 0 Å². The van der Waals surface area contributed by atoms with Gasteiger partial charge in [-0.05, 0) is 28.4 Å². The van der Waals surface area contributed by atoms with Crippen LogP contribution in [0, 0.1) is 0 Å². The average molecular weight is 280 g/mol. The number of Topliss-reactive ketones (excluding diaryl/α,β-unsaturated/α-hetero) is 1. The van der Waals surface area contributed by atoms with Crippen LogP contribution in [0.1, 0.15) is 50.5 Å². The minimum atomic E-state index is 0.0342. The van der Waals surface area contributed by atoms with Gasteiger partial charge in [0.05, 0.1) is 18.4 Å².